The highest BCUT2D eigenvalue weighted by molar-refractivity contribution is 5.84. The fourth-order valence-electron chi connectivity index (χ4n) is 4.36. The maximum Gasteiger partial charge on any atom is 0.387 e. The van der Waals surface area contributed by atoms with Gasteiger partial charge < -0.3 is 9.47 Å². The summed E-state index contributed by atoms with van der Waals surface area (Å²) in [6.45, 7) is -0.228. The molecule has 0 aliphatic rings. The summed E-state index contributed by atoms with van der Waals surface area (Å²) in [5, 5.41) is 1.34. The van der Waals surface area contributed by atoms with E-state index in [-0.39, 0.29) is 5.82 Å². The fraction of sp³-hybridized carbons (Fsp3) is 0.323. The summed E-state index contributed by atoms with van der Waals surface area (Å²) in [7, 11) is 0. The Labute approximate surface area is 220 Å². The predicted molar refractivity (Wildman–Crippen MR) is 141 cm³/mol. The van der Waals surface area contributed by atoms with E-state index in [9.17, 15) is 13.2 Å². The van der Waals surface area contributed by atoms with Crippen LogP contribution in [0.1, 0.15) is 48.6 Å². The summed E-state index contributed by atoms with van der Waals surface area (Å²) in [6.07, 6.45) is 7.37. The Morgan fingerprint density at radius 3 is 2.34 bits per heavy atom. The number of halogens is 4. The third-order valence-corrected chi connectivity index (χ3v) is 6.48. The van der Waals surface area contributed by atoms with E-state index in [1.54, 1.807) is 18.3 Å². The lowest BCUT2D eigenvalue weighted by Crippen LogP contribution is -2.04. The molecule has 0 saturated heterocycles. The van der Waals surface area contributed by atoms with E-state index in [4.69, 9.17) is 4.74 Å². The number of rotatable bonds is 13. The van der Waals surface area contributed by atoms with Crippen molar-refractivity contribution in [1.82, 2.24) is 4.98 Å². The Morgan fingerprint density at radius 2 is 1.61 bits per heavy atom. The van der Waals surface area contributed by atoms with Crippen LogP contribution in [0.5, 0.6) is 11.5 Å². The number of ether oxygens (including phenoxy) is 2. The third-order valence-electron chi connectivity index (χ3n) is 6.48. The predicted octanol–water partition coefficient (Wildman–Crippen LogP) is 8.25. The second kappa shape index (κ2) is 13.3. The van der Waals surface area contributed by atoms with Gasteiger partial charge in [-0.15, -0.1) is 0 Å². The molecule has 1 heterocycles. The van der Waals surface area contributed by atoms with Crippen LogP contribution in [0.15, 0.2) is 66.9 Å². The number of benzene rings is 3. The normalized spacial score (nSPS) is 11.3. The van der Waals surface area contributed by atoms with E-state index >= 15 is 4.39 Å². The summed E-state index contributed by atoms with van der Waals surface area (Å²) >= 11 is 0. The first-order valence-corrected chi connectivity index (χ1v) is 12.9. The van der Waals surface area contributed by atoms with Crippen LogP contribution < -0.4 is 9.47 Å². The molecule has 0 aliphatic carbocycles. The molecular weight excluding hydrogens is 494 g/mol. The number of alkyl halides is 2. The van der Waals surface area contributed by atoms with Crippen LogP contribution in [0.25, 0.3) is 10.8 Å². The maximum atomic E-state index is 15.2. The highest BCUT2D eigenvalue weighted by Gasteiger charge is 2.12. The number of nitrogens with zero attached hydrogens (tertiary/aromatic N) is 1. The first-order chi connectivity index (χ1) is 18.4. The van der Waals surface area contributed by atoms with Crippen molar-refractivity contribution in [2.24, 2.45) is 0 Å². The summed E-state index contributed by atoms with van der Waals surface area (Å²) < 4.78 is 63.7. The summed E-state index contributed by atoms with van der Waals surface area (Å²) in [4.78, 5) is 4.50. The van der Waals surface area contributed by atoms with Gasteiger partial charge in [0, 0.05) is 11.1 Å². The van der Waals surface area contributed by atoms with Crippen molar-refractivity contribution in [2.75, 3.05) is 6.61 Å². The average molecular weight is 526 g/mol. The van der Waals surface area contributed by atoms with Crippen LogP contribution in [0.3, 0.4) is 0 Å². The first-order valence-electron chi connectivity index (χ1n) is 12.9. The van der Waals surface area contributed by atoms with Gasteiger partial charge in [-0.25, -0.2) is 8.78 Å². The zero-order valence-corrected chi connectivity index (χ0v) is 21.4. The van der Waals surface area contributed by atoms with E-state index in [1.165, 1.54) is 12.1 Å². The van der Waals surface area contributed by atoms with Gasteiger partial charge in [0.05, 0.1) is 12.8 Å². The van der Waals surface area contributed by atoms with Crippen molar-refractivity contribution in [3.05, 3.63) is 101 Å². The molecule has 0 amide bonds. The minimum absolute atomic E-state index is 0.302. The van der Waals surface area contributed by atoms with Crippen molar-refractivity contribution in [2.45, 2.75) is 58.5 Å². The number of aromatic nitrogens is 1. The average Bonchev–Trinajstić information content (AvgIpc) is 2.91. The quantitative estimate of drug-likeness (QED) is 0.130. The monoisotopic (exact) mass is 525 g/mol. The van der Waals surface area contributed by atoms with Crippen molar-refractivity contribution in [3.8, 4) is 11.5 Å². The molecule has 0 fully saturated rings. The van der Waals surface area contributed by atoms with Gasteiger partial charge in [-0.3, -0.25) is 4.98 Å². The molecule has 3 aromatic carbocycles. The zero-order chi connectivity index (χ0) is 26.9. The second-order valence-corrected chi connectivity index (χ2v) is 9.28. The standard InChI is InChI=1S/C31H31F4NO2/c1-2-3-4-17-37-26-14-13-25(36-20-26)12-6-21-7-15-27-24(18-21)11-10-23(30(27)33)9-5-22-8-16-29(28(32)19-22)38-31(34)35/h7-8,10-11,13-16,18-20,31H,2-6,9,12,17H2,1H3. The van der Waals surface area contributed by atoms with Gasteiger partial charge in [0.1, 0.15) is 11.6 Å². The maximum absolute atomic E-state index is 15.2. The summed E-state index contributed by atoms with van der Waals surface area (Å²) in [5.74, 6) is -0.889. The highest BCUT2D eigenvalue weighted by atomic mass is 19.3. The number of unbranched alkanes of at least 4 members (excludes halogenated alkanes) is 2. The lowest BCUT2D eigenvalue weighted by molar-refractivity contribution is -0.0522. The van der Waals surface area contributed by atoms with Gasteiger partial charge in [-0.2, -0.15) is 8.78 Å². The van der Waals surface area contributed by atoms with Crippen molar-refractivity contribution < 1.29 is 27.0 Å². The third kappa shape index (κ3) is 7.46. The van der Waals surface area contributed by atoms with Crippen molar-refractivity contribution in [1.29, 1.82) is 0 Å². The van der Waals surface area contributed by atoms with Crippen molar-refractivity contribution >= 4 is 10.8 Å². The Balaban J connectivity index is 1.34. The zero-order valence-electron chi connectivity index (χ0n) is 21.4. The van der Waals surface area contributed by atoms with Crippen LogP contribution in [0.2, 0.25) is 0 Å². The molecule has 0 saturated carbocycles. The Bertz CT molecular complexity index is 1340. The van der Waals surface area contributed by atoms with Crippen LogP contribution in [0, 0.1) is 11.6 Å². The lowest BCUT2D eigenvalue weighted by Gasteiger charge is -2.10. The topological polar surface area (TPSA) is 31.4 Å². The Morgan fingerprint density at radius 1 is 0.816 bits per heavy atom. The molecule has 4 rings (SSSR count). The number of fused-ring (bicyclic) bond motifs is 1. The second-order valence-electron chi connectivity index (χ2n) is 9.28. The molecule has 3 nitrogen and oxygen atoms in total. The molecule has 0 spiro atoms. The van der Waals surface area contributed by atoms with Gasteiger partial charge in [-0.1, -0.05) is 56.2 Å². The van der Waals surface area contributed by atoms with Gasteiger partial charge >= 0.3 is 6.61 Å². The smallest absolute Gasteiger partial charge is 0.387 e. The van der Waals surface area contributed by atoms with Gasteiger partial charge in [-0.05, 0) is 78.4 Å². The van der Waals surface area contributed by atoms with E-state index in [0.29, 0.717) is 36.0 Å². The SMILES string of the molecule is CCCCCOc1ccc(CCc2ccc3c(F)c(CCc4ccc(OC(F)F)c(F)c4)ccc3c2)nc1. The molecule has 0 N–H and O–H groups in total. The lowest BCUT2D eigenvalue weighted by atomic mass is 9.98. The number of aryl methyl sites for hydroxylation is 4. The van der Waals surface area contributed by atoms with E-state index in [0.717, 1.165) is 60.6 Å². The highest BCUT2D eigenvalue weighted by Crippen LogP contribution is 2.26. The van der Waals surface area contributed by atoms with Crippen LogP contribution in [-0.2, 0) is 25.7 Å². The molecule has 200 valence electrons. The molecule has 0 aliphatic heterocycles. The number of pyridine rings is 1. The molecule has 7 heteroatoms. The van der Waals surface area contributed by atoms with Crippen molar-refractivity contribution in [3.63, 3.8) is 0 Å². The molecule has 38 heavy (non-hydrogen) atoms. The molecule has 0 bridgehead atoms. The van der Waals surface area contributed by atoms with E-state index < -0.39 is 18.2 Å². The van der Waals surface area contributed by atoms with Gasteiger partial charge in [0.25, 0.3) is 0 Å². The Hall–Kier alpha value is -3.61. The summed E-state index contributed by atoms with van der Waals surface area (Å²) in [5.41, 5.74) is 3.15. The molecule has 0 unspecified atom stereocenters. The minimum Gasteiger partial charge on any atom is -0.492 e. The molecular formula is C31H31F4NO2. The molecule has 0 radical (unpaired) electrons. The minimum atomic E-state index is -3.09. The Kier molecular flexibility index (Phi) is 9.57. The first kappa shape index (κ1) is 27.4. The number of hydrogen-bond acceptors (Lipinski definition) is 3. The molecule has 1 aromatic heterocycles. The molecule has 4 aromatic rings. The van der Waals surface area contributed by atoms with Gasteiger partial charge in [0.2, 0.25) is 0 Å². The van der Waals surface area contributed by atoms with E-state index in [1.807, 2.05) is 30.3 Å². The van der Waals surface area contributed by atoms with E-state index in [2.05, 4.69) is 16.6 Å². The largest absolute Gasteiger partial charge is 0.492 e. The van der Waals surface area contributed by atoms with Crippen LogP contribution >= 0.6 is 0 Å². The van der Waals surface area contributed by atoms with Crippen LogP contribution in [-0.4, -0.2) is 18.2 Å². The summed E-state index contributed by atoms with van der Waals surface area (Å²) in [6, 6.07) is 17.1. The fourth-order valence-corrected chi connectivity index (χ4v) is 4.36. The van der Waals surface area contributed by atoms with Gasteiger partial charge in [0.15, 0.2) is 11.6 Å². The molecule has 0 atom stereocenters. The van der Waals surface area contributed by atoms with Crippen LogP contribution in [0.4, 0.5) is 17.6 Å². The number of hydrogen-bond donors (Lipinski definition) is 0.